The summed E-state index contributed by atoms with van der Waals surface area (Å²) in [6.45, 7) is 3.52. The number of aliphatic hydroxyl groups is 1. The molecule has 3 fully saturated rings. The van der Waals surface area contributed by atoms with Gasteiger partial charge in [-0.15, -0.1) is 12.3 Å². The summed E-state index contributed by atoms with van der Waals surface area (Å²) in [5.41, 5.74) is 0. The van der Waals surface area contributed by atoms with E-state index < -0.39 is 0 Å². The first-order chi connectivity index (χ1) is 7.70. The highest BCUT2D eigenvalue weighted by Crippen LogP contribution is 2.61. The molecular formula is C13H18O3. The maximum absolute atomic E-state index is 9.92. The van der Waals surface area contributed by atoms with Crippen molar-refractivity contribution in [3.05, 3.63) is 0 Å². The first kappa shape index (κ1) is 10.6. The highest BCUT2D eigenvalue weighted by molar-refractivity contribution is 5.16. The lowest BCUT2D eigenvalue weighted by Gasteiger charge is -2.61. The van der Waals surface area contributed by atoms with E-state index in [0.29, 0.717) is 31.0 Å². The molecular weight excluding hydrogens is 204 g/mol. The molecule has 1 N–H and O–H groups in total. The van der Waals surface area contributed by atoms with Gasteiger partial charge in [-0.05, 0) is 18.8 Å². The second-order valence-electron chi connectivity index (χ2n) is 5.23. The smallest absolute Gasteiger partial charge is 0.174 e. The summed E-state index contributed by atoms with van der Waals surface area (Å²) in [6.07, 6.45) is 6.94. The number of fused-ring (bicyclic) bond motifs is 2. The van der Waals surface area contributed by atoms with E-state index in [1.54, 1.807) is 0 Å². The molecule has 1 heterocycles. The highest BCUT2D eigenvalue weighted by atomic mass is 16.7. The molecule has 0 aromatic heterocycles. The van der Waals surface area contributed by atoms with E-state index in [9.17, 15) is 5.11 Å². The van der Waals surface area contributed by atoms with Crippen molar-refractivity contribution in [3.8, 4) is 12.3 Å². The number of hydrogen-bond donors (Lipinski definition) is 1. The zero-order chi connectivity index (χ0) is 11.3. The van der Waals surface area contributed by atoms with Gasteiger partial charge in [0.25, 0.3) is 0 Å². The average Bonchev–Trinajstić information content (AvgIpc) is 2.79. The molecule has 2 aliphatic carbocycles. The van der Waals surface area contributed by atoms with E-state index in [2.05, 4.69) is 12.8 Å². The summed E-state index contributed by atoms with van der Waals surface area (Å²) in [7, 11) is 0. The van der Waals surface area contributed by atoms with Gasteiger partial charge in [0.05, 0.1) is 19.3 Å². The fourth-order valence-electron chi connectivity index (χ4n) is 3.99. The van der Waals surface area contributed by atoms with E-state index in [1.165, 1.54) is 0 Å². The molecule has 1 aliphatic heterocycles. The third-order valence-corrected chi connectivity index (χ3v) is 4.73. The predicted octanol–water partition coefficient (Wildman–Crippen LogP) is 1.02. The summed E-state index contributed by atoms with van der Waals surface area (Å²) < 4.78 is 11.6. The van der Waals surface area contributed by atoms with Crippen molar-refractivity contribution in [2.24, 2.45) is 23.7 Å². The van der Waals surface area contributed by atoms with Crippen LogP contribution in [-0.2, 0) is 9.47 Å². The number of aliphatic hydroxyl groups excluding tert-OH is 1. The molecule has 0 radical (unpaired) electrons. The van der Waals surface area contributed by atoms with Crippen LogP contribution in [0.1, 0.15) is 19.8 Å². The van der Waals surface area contributed by atoms with Gasteiger partial charge in [-0.25, -0.2) is 0 Å². The number of terminal acetylenes is 1. The second-order valence-corrected chi connectivity index (χ2v) is 5.23. The normalized spacial score (nSPS) is 49.4. The molecule has 0 aromatic carbocycles. The van der Waals surface area contributed by atoms with Gasteiger partial charge in [0.1, 0.15) is 0 Å². The minimum Gasteiger partial charge on any atom is -0.392 e. The van der Waals surface area contributed by atoms with E-state index in [0.717, 1.165) is 12.8 Å². The highest BCUT2D eigenvalue weighted by Gasteiger charge is 2.67. The van der Waals surface area contributed by atoms with E-state index >= 15 is 0 Å². The summed E-state index contributed by atoms with van der Waals surface area (Å²) in [4.78, 5) is 0. The van der Waals surface area contributed by atoms with Crippen LogP contribution in [-0.4, -0.2) is 30.2 Å². The Morgan fingerprint density at radius 1 is 1.31 bits per heavy atom. The van der Waals surface area contributed by atoms with Crippen LogP contribution in [0.3, 0.4) is 0 Å². The molecule has 0 amide bonds. The molecule has 5 atom stereocenters. The van der Waals surface area contributed by atoms with Gasteiger partial charge in [0.2, 0.25) is 0 Å². The van der Waals surface area contributed by atoms with Gasteiger partial charge >= 0.3 is 0 Å². The summed E-state index contributed by atoms with van der Waals surface area (Å²) in [5.74, 6) is 3.42. The van der Waals surface area contributed by atoms with Gasteiger partial charge in [-0.1, -0.05) is 6.92 Å². The Morgan fingerprint density at radius 2 is 2.00 bits per heavy atom. The Bertz CT molecular complexity index is 327. The molecule has 1 saturated heterocycles. The fraction of sp³-hybridized carbons (Fsp3) is 0.846. The SMILES string of the molecule is C#C[C@@H]1[C@H]2C(C)C3(OCCO3)[C@H]2CC[C@H]1O. The largest absolute Gasteiger partial charge is 0.392 e. The van der Waals surface area contributed by atoms with Gasteiger partial charge in [-0.3, -0.25) is 0 Å². The second kappa shape index (κ2) is 3.46. The van der Waals surface area contributed by atoms with Crippen LogP contribution in [0.4, 0.5) is 0 Å². The number of ether oxygens (including phenoxy) is 2. The van der Waals surface area contributed by atoms with Crippen LogP contribution < -0.4 is 0 Å². The molecule has 0 bridgehead atoms. The Labute approximate surface area is 96.1 Å². The van der Waals surface area contributed by atoms with Gasteiger partial charge < -0.3 is 14.6 Å². The molecule has 1 unspecified atom stereocenters. The monoisotopic (exact) mass is 222 g/mol. The molecule has 1 spiro atoms. The maximum atomic E-state index is 9.92. The van der Waals surface area contributed by atoms with Crippen LogP contribution >= 0.6 is 0 Å². The van der Waals surface area contributed by atoms with Crippen molar-refractivity contribution in [2.45, 2.75) is 31.7 Å². The summed E-state index contributed by atoms with van der Waals surface area (Å²) in [6, 6.07) is 0. The number of hydrogen-bond acceptors (Lipinski definition) is 3. The topological polar surface area (TPSA) is 38.7 Å². The van der Waals surface area contributed by atoms with Crippen molar-refractivity contribution in [1.82, 2.24) is 0 Å². The van der Waals surface area contributed by atoms with Gasteiger partial charge in [0, 0.05) is 17.8 Å². The molecule has 3 heteroatoms. The Morgan fingerprint density at radius 3 is 2.62 bits per heavy atom. The summed E-state index contributed by atoms with van der Waals surface area (Å²) in [5, 5.41) is 9.92. The maximum Gasteiger partial charge on any atom is 0.174 e. The lowest BCUT2D eigenvalue weighted by Crippen LogP contribution is -2.66. The summed E-state index contributed by atoms with van der Waals surface area (Å²) >= 11 is 0. The zero-order valence-electron chi connectivity index (χ0n) is 9.56. The van der Waals surface area contributed by atoms with Crippen molar-refractivity contribution >= 4 is 0 Å². The minimum absolute atomic E-state index is 0.0211. The van der Waals surface area contributed by atoms with Crippen LogP contribution in [0, 0.1) is 36.0 Å². The molecule has 3 rings (SSSR count). The van der Waals surface area contributed by atoms with Crippen LogP contribution in [0.25, 0.3) is 0 Å². The van der Waals surface area contributed by atoms with Crippen molar-refractivity contribution in [3.63, 3.8) is 0 Å². The minimum atomic E-state index is -0.375. The van der Waals surface area contributed by atoms with Gasteiger partial charge in [-0.2, -0.15) is 0 Å². The van der Waals surface area contributed by atoms with Crippen LogP contribution in [0.15, 0.2) is 0 Å². The molecule has 16 heavy (non-hydrogen) atoms. The van der Waals surface area contributed by atoms with E-state index in [-0.39, 0.29) is 17.8 Å². The number of rotatable bonds is 0. The Kier molecular flexibility index (Phi) is 2.29. The van der Waals surface area contributed by atoms with E-state index in [1.807, 2.05) is 0 Å². The lowest BCUT2D eigenvalue weighted by molar-refractivity contribution is -0.334. The Balaban J connectivity index is 1.86. The Hall–Kier alpha value is -0.560. The quantitative estimate of drug-likeness (QED) is 0.622. The fourth-order valence-corrected chi connectivity index (χ4v) is 3.99. The third kappa shape index (κ3) is 1.10. The van der Waals surface area contributed by atoms with Gasteiger partial charge in [0.15, 0.2) is 5.79 Å². The first-order valence-corrected chi connectivity index (χ1v) is 6.13. The lowest BCUT2D eigenvalue weighted by atomic mass is 9.50. The average molecular weight is 222 g/mol. The molecule has 88 valence electrons. The van der Waals surface area contributed by atoms with Crippen molar-refractivity contribution < 1.29 is 14.6 Å². The van der Waals surface area contributed by atoms with Crippen LogP contribution in [0.2, 0.25) is 0 Å². The standard InChI is InChI=1S/C13H18O3/c1-3-9-11(14)5-4-10-12(9)8(2)13(10)15-6-7-16-13/h1,8-12,14H,4-7H2,2H3/t8?,9-,10-,11+,12+/m0/s1. The van der Waals surface area contributed by atoms with E-state index in [4.69, 9.17) is 15.9 Å². The van der Waals surface area contributed by atoms with Crippen molar-refractivity contribution in [1.29, 1.82) is 0 Å². The first-order valence-electron chi connectivity index (χ1n) is 6.13. The predicted molar refractivity (Wildman–Crippen MR) is 58.3 cm³/mol. The van der Waals surface area contributed by atoms with Crippen LogP contribution in [0.5, 0.6) is 0 Å². The zero-order valence-corrected chi connectivity index (χ0v) is 9.56. The molecule has 0 aromatic rings. The third-order valence-electron chi connectivity index (χ3n) is 4.73. The molecule has 3 nitrogen and oxygen atoms in total. The molecule has 2 saturated carbocycles. The molecule has 3 aliphatic rings. The van der Waals surface area contributed by atoms with Crippen molar-refractivity contribution in [2.75, 3.05) is 13.2 Å².